The van der Waals surface area contributed by atoms with Crippen molar-refractivity contribution >= 4 is 23.0 Å². The van der Waals surface area contributed by atoms with Gasteiger partial charge in [-0.3, -0.25) is 0 Å². The molecule has 0 bridgehead atoms. The van der Waals surface area contributed by atoms with Crippen LogP contribution in [0.5, 0.6) is 0 Å². The number of nitrogens with zero attached hydrogens (tertiary/aromatic N) is 3. The highest BCUT2D eigenvalue weighted by molar-refractivity contribution is 5.71. The average molecular weight is 285 g/mol. The third kappa shape index (κ3) is 2.65. The first kappa shape index (κ1) is 13.4. The predicted molar refractivity (Wildman–Crippen MR) is 81.6 cm³/mol. The van der Waals surface area contributed by atoms with E-state index in [1.54, 1.807) is 25.3 Å². The molecule has 2 N–H and O–H groups in total. The first-order valence-corrected chi connectivity index (χ1v) is 6.78. The van der Waals surface area contributed by atoms with Crippen molar-refractivity contribution in [3.05, 3.63) is 48.2 Å². The van der Waals surface area contributed by atoms with Crippen molar-refractivity contribution in [1.82, 2.24) is 14.4 Å². The van der Waals surface area contributed by atoms with Crippen LogP contribution in [0.3, 0.4) is 0 Å². The zero-order chi connectivity index (χ0) is 14.8. The van der Waals surface area contributed by atoms with E-state index in [9.17, 15) is 4.39 Å². The summed E-state index contributed by atoms with van der Waals surface area (Å²) in [5, 5.41) is 6.38. The fourth-order valence-corrected chi connectivity index (χ4v) is 2.14. The van der Waals surface area contributed by atoms with Gasteiger partial charge in [0.25, 0.3) is 0 Å². The second-order valence-electron chi connectivity index (χ2n) is 4.75. The van der Waals surface area contributed by atoms with Crippen molar-refractivity contribution in [2.75, 3.05) is 17.2 Å². The Morgan fingerprint density at radius 3 is 2.95 bits per heavy atom. The number of halogens is 1. The molecule has 0 amide bonds. The summed E-state index contributed by atoms with van der Waals surface area (Å²) >= 11 is 0. The van der Waals surface area contributed by atoms with Gasteiger partial charge in [0, 0.05) is 24.6 Å². The second kappa shape index (κ2) is 5.40. The Kier molecular flexibility index (Phi) is 3.43. The van der Waals surface area contributed by atoms with Gasteiger partial charge in [-0.2, -0.15) is 0 Å². The lowest BCUT2D eigenvalue weighted by molar-refractivity contribution is 0.619. The molecule has 0 fully saturated rings. The summed E-state index contributed by atoms with van der Waals surface area (Å²) < 4.78 is 15.2. The molecule has 108 valence electrons. The van der Waals surface area contributed by atoms with E-state index >= 15 is 0 Å². The van der Waals surface area contributed by atoms with Crippen LogP contribution in [0.15, 0.2) is 36.8 Å². The van der Waals surface area contributed by atoms with Gasteiger partial charge in [0.2, 0.25) is 0 Å². The number of imidazole rings is 1. The number of benzene rings is 1. The van der Waals surface area contributed by atoms with Gasteiger partial charge in [-0.15, -0.1) is 0 Å². The zero-order valence-corrected chi connectivity index (χ0v) is 11.9. The minimum Gasteiger partial charge on any atom is -0.369 e. The number of aromatic nitrogens is 3. The molecule has 2 aromatic heterocycles. The lowest BCUT2D eigenvalue weighted by Crippen LogP contribution is -2.05. The predicted octanol–water partition coefficient (Wildman–Crippen LogP) is 3.35. The summed E-state index contributed by atoms with van der Waals surface area (Å²) in [6, 6.07) is 4.87. The Morgan fingerprint density at radius 2 is 2.19 bits per heavy atom. The van der Waals surface area contributed by atoms with E-state index in [2.05, 4.69) is 20.6 Å². The molecular weight excluding hydrogens is 269 g/mol. The van der Waals surface area contributed by atoms with Crippen molar-refractivity contribution in [3.63, 3.8) is 0 Å². The van der Waals surface area contributed by atoms with E-state index in [-0.39, 0.29) is 5.82 Å². The average Bonchev–Trinajstić information content (AvgIpc) is 2.92. The van der Waals surface area contributed by atoms with Crippen LogP contribution in [0.4, 0.5) is 21.7 Å². The SMILES string of the molecule is CCNc1cn2ccnc2c(Nc2ccc(F)c(C)c2)n1. The molecule has 1 aromatic carbocycles. The molecule has 0 atom stereocenters. The standard InChI is InChI=1S/C15H16FN5/c1-3-17-13-9-21-7-6-18-15(21)14(20-13)19-11-4-5-12(16)10(2)8-11/h4-9,17H,3H2,1-2H3,(H,19,20). The lowest BCUT2D eigenvalue weighted by Gasteiger charge is -2.11. The summed E-state index contributed by atoms with van der Waals surface area (Å²) in [4.78, 5) is 8.80. The summed E-state index contributed by atoms with van der Waals surface area (Å²) in [7, 11) is 0. The molecule has 3 rings (SSSR count). The number of hydrogen-bond donors (Lipinski definition) is 2. The summed E-state index contributed by atoms with van der Waals surface area (Å²) in [5.41, 5.74) is 2.08. The Hall–Kier alpha value is -2.63. The number of rotatable bonds is 4. The molecular formula is C15H16FN5. The minimum absolute atomic E-state index is 0.221. The highest BCUT2D eigenvalue weighted by Crippen LogP contribution is 2.22. The Labute approximate surface area is 121 Å². The van der Waals surface area contributed by atoms with Gasteiger partial charge in [-0.25, -0.2) is 14.4 Å². The summed E-state index contributed by atoms with van der Waals surface area (Å²) in [6.45, 7) is 4.52. The molecule has 5 nitrogen and oxygen atoms in total. The monoisotopic (exact) mass is 285 g/mol. The van der Waals surface area contributed by atoms with E-state index in [0.717, 1.165) is 23.7 Å². The number of aryl methyl sites for hydroxylation is 1. The Bertz CT molecular complexity index is 781. The second-order valence-corrected chi connectivity index (χ2v) is 4.75. The molecule has 0 aliphatic carbocycles. The molecule has 0 aliphatic heterocycles. The zero-order valence-electron chi connectivity index (χ0n) is 11.9. The topological polar surface area (TPSA) is 54.2 Å². The van der Waals surface area contributed by atoms with Gasteiger partial charge in [-0.05, 0) is 37.6 Å². The fourth-order valence-electron chi connectivity index (χ4n) is 2.14. The highest BCUT2D eigenvalue weighted by Gasteiger charge is 2.08. The minimum atomic E-state index is -0.221. The smallest absolute Gasteiger partial charge is 0.180 e. The van der Waals surface area contributed by atoms with Crippen LogP contribution in [0.25, 0.3) is 5.65 Å². The Morgan fingerprint density at radius 1 is 1.33 bits per heavy atom. The molecule has 21 heavy (non-hydrogen) atoms. The largest absolute Gasteiger partial charge is 0.369 e. The maximum absolute atomic E-state index is 13.3. The van der Waals surface area contributed by atoms with E-state index < -0.39 is 0 Å². The van der Waals surface area contributed by atoms with Crippen molar-refractivity contribution in [2.24, 2.45) is 0 Å². The van der Waals surface area contributed by atoms with Gasteiger partial charge in [0.15, 0.2) is 11.5 Å². The van der Waals surface area contributed by atoms with Crippen LogP contribution in [-0.4, -0.2) is 20.9 Å². The van der Waals surface area contributed by atoms with Crippen LogP contribution < -0.4 is 10.6 Å². The van der Waals surface area contributed by atoms with E-state index in [1.165, 1.54) is 6.07 Å². The van der Waals surface area contributed by atoms with Crippen molar-refractivity contribution in [1.29, 1.82) is 0 Å². The van der Waals surface area contributed by atoms with E-state index in [4.69, 9.17) is 0 Å². The third-order valence-electron chi connectivity index (χ3n) is 3.15. The Balaban J connectivity index is 2.01. The molecule has 3 aromatic rings. The first-order chi connectivity index (χ1) is 10.2. The lowest BCUT2D eigenvalue weighted by atomic mass is 10.2. The van der Waals surface area contributed by atoms with Crippen LogP contribution in [0.2, 0.25) is 0 Å². The van der Waals surface area contributed by atoms with Crippen LogP contribution in [0, 0.1) is 12.7 Å². The van der Waals surface area contributed by atoms with Gasteiger partial charge in [-0.1, -0.05) is 0 Å². The van der Waals surface area contributed by atoms with Gasteiger partial charge in [0.1, 0.15) is 11.6 Å². The van der Waals surface area contributed by atoms with Crippen molar-refractivity contribution < 1.29 is 4.39 Å². The summed E-state index contributed by atoms with van der Waals surface area (Å²) in [5.74, 6) is 1.16. The maximum Gasteiger partial charge on any atom is 0.180 e. The number of fused-ring (bicyclic) bond motifs is 1. The number of anilines is 3. The normalized spacial score (nSPS) is 10.8. The highest BCUT2D eigenvalue weighted by atomic mass is 19.1. The maximum atomic E-state index is 13.3. The molecule has 6 heteroatoms. The molecule has 0 saturated heterocycles. The van der Waals surface area contributed by atoms with E-state index in [0.29, 0.717) is 11.4 Å². The summed E-state index contributed by atoms with van der Waals surface area (Å²) in [6.07, 6.45) is 5.46. The van der Waals surface area contributed by atoms with Crippen LogP contribution >= 0.6 is 0 Å². The quantitative estimate of drug-likeness (QED) is 0.772. The van der Waals surface area contributed by atoms with E-state index in [1.807, 2.05) is 23.7 Å². The first-order valence-electron chi connectivity index (χ1n) is 6.78. The number of nitrogens with one attached hydrogen (secondary N) is 2. The third-order valence-corrected chi connectivity index (χ3v) is 3.15. The molecule has 0 spiro atoms. The number of hydrogen-bond acceptors (Lipinski definition) is 4. The molecule has 0 unspecified atom stereocenters. The molecule has 2 heterocycles. The van der Waals surface area contributed by atoms with Gasteiger partial charge < -0.3 is 15.0 Å². The van der Waals surface area contributed by atoms with Crippen molar-refractivity contribution in [3.8, 4) is 0 Å². The van der Waals surface area contributed by atoms with Crippen LogP contribution in [0.1, 0.15) is 12.5 Å². The van der Waals surface area contributed by atoms with Gasteiger partial charge >= 0.3 is 0 Å². The fraction of sp³-hybridized carbons (Fsp3) is 0.200. The van der Waals surface area contributed by atoms with Gasteiger partial charge in [0.05, 0.1) is 6.20 Å². The van der Waals surface area contributed by atoms with Crippen LogP contribution in [-0.2, 0) is 0 Å². The molecule has 0 saturated carbocycles. The molecule has 0 aliphatic rings. The van der Waals surface area contributed by atoms with Crippen molar-refractivity contribution in [2.45, 2.75) is 13.8 Å². The molecule has 0 radical (unpaired) electrons.